The summed E-state index contributed by atoms with van der Waals surface area (Å²) in [5, 5.41) is 0. The Hall–Kier alpha value is -2.43. The second-order valence-electron chi connectivity index (χ2n) is 6.03. The number of para-hydroxylation sites is 1. The van der Waals surface area contributed by atoms with Gasteiger partial charge >= 0.3 is 0 Å². The van der Waals surface area contributed by atoms with E-state index in [0.29, 0.717) is 24.3 Å². The van der Waals surface area contributed by atoms with Gasteiger partial charge in [-0.3, -0.25) is 4.79 Å². The maximum Gasteiger partial charge on any atom is 0.150 e. The van der Waals surface area contributed by atoms with Gasteiger partial charge in [0.15, 0.2) is 6.29 Å². The van der Waals surface area contributed by atoms with Crippen molar-refractivity contribution >= 4 is 17.7 Å². The zero-order valence-electron chi connectivity index (χ0n) is 13.1. The lowest BCUT2D eigenvalue weighted by atomic mass is 9.85. The van der Waals surface area contributed by atoms with E-state index < -0.39 is 11.6 Å². The summed E-state index contributed by atoms with van der Waals surface area (Å²) in [5.41, 5.74) is 9.96. The van der Waals surface area contributed by atoms with Gasteiger partial charge in [-0.25, -0.2) is 8.78 Å². The summed E-state index contributed by atoms with van der Waals surface area (Å²) >= 11 is 0. The molecule has 120 valence electrons. The van der Waals surface area contributed by atoms with Gasteiger partial charge in [-0.05, 0) is 42.7 Å². The van der Waals surface area contributed by atoms with Crippen molar-refractivity contribution in [3.05, 3.63) is 58.2 Å². The van der Waals surface area contributed by atoms with E-state index in [-0.39, 0.29) is 11.6 Å². The van der Waals surface area contributed by atoms with Crippen molar-refractivity contribution in [2.24, 2.45) is 0 Å². The van der Waals surface area contributed by atoms with Crippen molar-refractivity contribution in [1.82, 2.24) is 0 Å². The second-order valence-corrected chi connectivity index (χ2v) is 6.03. The summed E-state index contributed by atoms with van der Waals surface area (Å²) in [6, 6.07) is 5.78. The summed E-state index contributed by atoms with van der Waals surface area (Å²) in [7, 11) is 0. The maximum absolute atomic E-state index is 13.8. The summed E-state index contributed by atoms with van der Waals surface area (Å²) in [4.78, 5) is 12.8. The van der Waals surface area contributed by atoms with Crippen LogP contribution in [0.5, 0.6) is 0 Å². The van der Waals surface area contributed by atoms with Gasteiger partial charge in [-0.15, -0.1) is 0 Å². The first-order valence-corrected chi connectivity index (χ1v) is 7.47. The number of nitrogen functional groups attached to an aromatic ring is 1. The smallest absolute Gasteiger partial charge is 0.150 e. The van der Waals surface area contributed by atoms with Crippen LogP contribution in [-0.4, -0.2) is 19.4 Å². The van der Waals surface area contributed by atoms with Gasteiger partial charge in [0.05, 0.1) is 0 Å². The average Bonchev–Trinajstić information content (AvgIpc) is 2.46. The molecule has 2 N–H and O–H groups in total. The summed E-state index contributed by atoms with van der Waals surface area (Å²) in [6.45, 7) is 4.69. The third-order valence-corrected chi connectivity index (χ3v) is 4.61. The fourth-order valence-electron chi connectivity index (χ4n) is 3.21. The molecule has 23 heavy (non-hydrogen) atoms. The molecule has 1 saturated heterocycles. The normalized spacial score (nSPS) is 14.7. The Morgan fingerprint density at radius 3 is 2.39 bits per heavy atom. The van der Waals surface area contributed by atoms with Crippen LogP contribution in [-0.2, 0) is 0 Å². The minimum Gasteiger partial charge on any atom is -0.398 e. The fourth-order valence-corrected chi connectivity index (χ4v) is 3.21. The second kappa shape index (κ2) is 5.65. The number of nitrogens with two attached hydrogens (primary N) is 1. The van der Waals surface area contributed by atoms with Crippen molar-refractivity contribution in [3.63, 3.8) is 0 Å². The first-order valence-electron chi connectivity index (χ1n) is 7.47. The number of nitrogens with zero attached hydrogens (tertiary/aromatic N) is 1. The van der Waals surface area contributed by atoms with E-state index in [4.69, 9.17) is 5.73 Å². The van der Waals surface area contributed by atoms with E-state index in [0.717, 1.165) is 23.0 Å². The number of benzene rings is 2. The highest BCUT2D eigenvalue weighted by molar-refractivity contribution is 5.83. The van der Waals surface area contributed by atoms with Gasteiger partial charge < -0.3 is 10.6 Å². The van der Waals surface area contributed by atoms with Crippen LogP contribution in [0.2, 0.25) is 0 Å². The van der Waals surface area contributed by atoms with Crippen LogP contribution < -0.4 is 10.6 Å². The van der Waals surface area contributed by atoms with E-state index in [1.54, 1.807) is 4.90 Å². The Kier molecular flexibility index (Phi) is 3.80. The SMILES string of the molecule is Cc1cc(C2CN(c3c(F)cccc3F)C2)c(N)c(C)c1C=O. The molecule has 3 nitrogen and oxygen atoms in total. The van der Waals surface area contributed by atoms with Crippen LogP contribution >= 0.6 is 0 Å². The number of aldehydes is 1. The molecule has 2 aromatic rings. The van der Waals surface area contributed by atoms with Crippen LogP contribution in [0.25, 0.3) is 0 Å². The highest BCUT2D eigenvalue weighted by Gasteiger charge is 2.33. The van der Waals surface area contributed by atoms with Gasteiger partial charge in [-0.2, -0.15) is 0 Å². The number of anilines is 2. The molecule has 1 fully saturated rings. The lowest BCUT2D eigenvalue weighted by Crippen LogP contribution is -2.46. The predicted molar refractivity (Wildman–Crippen MR) is 87.0 cm³/mol. The number of aryl methyl sites for hydroxylation is 1. The lowest BCUT2D eigenvalue weighted by Gasteiger charge is -2.42. The van der Waals surface area contributed by atoms with Crippen LogP contribution in [0.15, 0.2) is 24.3 Å². The summed E-state index contributed by atoms with van der Waals surface area (Å²) in [5.74, 6) is -1.01. The Morgan fingerprint density at radius 2 is 1.83 bits per heavy atom. The number of halogens is 2. The number of hydrogen-bond acceptors (Lipinski definition) is 3. The lowest BCUT2D eigenvalue weighted by molar-refractivity contribution is 0.112. The molecule has 1 heterocycles. The number of hydrogen-bond donors (Lipinski definition) is 1. The molecule has 0 atom stereocenters. The maximum atomic E-state index is 13.8. The van der Waals surface area contributed by atoms with Crippen LogP contribution in [0, 0.1) is 25.5 Å². The minimum absolute atomic E-state index is 0.0141. The summed E-state index contributed by atoms with van der Waals surface area (Å²) < 4.78 is 27.6. The Balaban J connectivity index is 1.87. The van der Waals surface area contributed by atoms with Gasteiger partial charge in [0.2, 0.25) is 0 Å². The topological polar surface area (TPSA) is 46.3 Å². The predicted octanol–water partition coefficient (Wildman–Crippen LogP) is 3.58. The Bertz CT molecular complexity index is 763. The van der Waals surface area contributed by atoms with Crippen LogP contribution in [0.4, 0.5) is 20.2 Å². The van der Waals surface area contributed by atoms with E-state index >= 15 is 0 Å². The highest BCUT2D eigenvalue weighted by Crippen LogP contribution is 2.38. The molecule has 0 radical (unpaired) electrons. The first kappa shape index (κ1) is 15.5. The number of rotatable bonds is 3. The molecule has 1 aliphatic heterocycles. The molecule has 0 bridgehead atoms. The molecular formula is C18H18F2N2O. The van der Waals surface area contributed by atoms with Gasteiger partial charge in [0, 0.05) is 30.3 Å². The fraction of sp³-hybridized carbons (Fsp3) is 0.278. The zero-order chi connectivity index (χ0) is 16.7. The van der Waals surface area contributed by atoms with Crippen molar-refractivity contribution in [2.45, 2.75) is 19.8 Å². The molecular weight excluding hydrogens is 298 g/mol. The number of carbonyl (C=O) groups excluding carboxylic acids is 1. The van der Waals surface area contributed by atoms with Gasteiger partial charge in [-0.1, -0.05) is 12.1 Å². The molecule has 0 unspecified atom stereocenters. The quantitative estimate of drug-likeness (QED) is 0.695. The zero-order valence-corrected chi connectivity index (χ0v) is 13.1. The molecule has 1 aliphatic rings. The van der Waals surface area contributed by atoms with Crippen molar-refractivity contribution in [1.29, 1.82) is 0 Å². The monoisotopic (exact) mass is 316 g/mol. The number of carbonyl (C=O) groups is 1. The highest BCUT2D eigenvalue weighted by atomic mass is 19.1. The minimum atomic E-state index is -0.555. The van der Waals surface area contributed by atoms with Crippen LogP contribution in [0.3, 0.4) is 0 Å². The van der Waals surface area contributed by atoms with Crippen molar-refractivity contribution in [2.75, 3.05) is 23.7 Å². The van der Waals surface area contributed by atoms with E-state index in [1.165, 1.54) is 18.2 Å². The molecule has 0 spiro atoms. The third kappa shape index (κ3) is 2.46. The molecule has 5 heteroatoms. The van der Waals surface area contributed by atoms with E-state index in [2.05, 4.69) is 0 Å². The largest absolute Gasteiger partial charge is 0.398 e. The van der Waals surface area contributed by atoms with Gasteiger partial charge in [0.25, 0.3) is 0 Å². The molecule has 0 aromatic heterocycles. The standard InChI is InChI=1S/C18H18F2N2O/c1-10-6-13(17(21)11(2)14(10)9-23)12-7-22(8-12)18-15(19)4-3-5-16(18)20/h3-6,9,12H,7-8,21H2,1-2H3. The molecule has 0 aliphatic carbocycles. The Morgan fingerprint density at radius 1 is 1.22 bits per heavy atom. The third-order valence-electron chi connectivity index (χ3n) is 4.61. The Labute approximate surface area is 133 Å². The molecule has 3 rings (SSSR count). The molecule has 0 saturated carbocycles. The molecule has 2 aromatic carbocycles. The molecule has 0 amide bonds. The van der Waals surface area contributed by atoms with Crippen LogP contribution in [0.1, 0.15) is 33.0 Å². The van der Waals surface area contributed by atoms with Gasteiger partial charge in [0.1, 0.15) is 17.3 Å². The summed E-state index contributed by atoms with van der Waals surface area (Å²) in [6.07, 6.45) is 0.812. The van der Waals surface area contributed by atoms with E-state index in [1.807, 2.05) is 19.9 Å². The van der Waals surface area contributed by atoms with Crippen molar-refractivity contribution in [3.8, 4) is 0 Å². The van der Waals surface area contributed by atoms with Crippen molar-refractivity contribution < 1.29 is 13.6 Å². The van der Waals surface area contributed by atoms with E-state index in [9.17, 15) is 13.6 Å². The average molecular weight is 316 g/mol. The first-order chi connectivity index (χ1) is 10.9.